The molecule has 0 spiro atoms. The Balaban J connectivity index is 1.84. The van der Waals surface area contributed by atoms with Gasteiger partial charge >= 0.3 is 0 Å². The molecule has 100 valence electrons. The standard InChI is InChI=1S/C17H20FN/c1-13-4-3-5-16(12-13)14(2)19-11-10-15-6-8-17(18)9-7-15/h3-9,12,14,19H,10-11H2,1-2H3. The van der Waals surface area contributed by atoms with Crippen LogP contribution < -0.4 is 5.32 Å². The predicted molar refractivity (Wildman–Crippen MR) is 77.7 cm³/mol. The fourth-order valence-electron chi connectivity index (χ4n) is 2.14. The van der Waals surface area contributed by atoms with E-state index in [0.717, 1.165) is 18.5 Å². The Morgan fingerprint density at radius 2 is 1.84 bits per heavy atom. The van der Waals surface area contributed by atoms with E-state index >= 15 is 0 Å². The molecule has 1 nitrogen and oxygen atoms in total. The highest BCUT2D eigenvalue weighted by molar-refractivity contribution is 5.24. The van der Waals surface area contributed by atoms with Crippen molar-refractivity contribution in [3.63, 3.8) is 0 Å². The second-order valence-corrected chi connectivity index (χ2v) is 4.97. The van der Waals surface area contributed by atoms with Crippen molar-refractivity contribution in [2.45, 2.75) is 26.3 Å². The molecule has 0 aliphatic carbocycles. The molecule has 0 heterocycles. The number of rotatable bonds is 5. The first kappa shape index (κ1) is 13.8. The molecule has 0 radical (unpaired) electrons. The number of hydrogen-bond acceptors (Lipinski definition) is 1. The number of hydrogen-bond donors (Lipinski definition) is 1. The summed E-state index contributed by atoms with van der Waals surface area (Å²) in [6, 6.07) is 15.6. The minimum Gasteiger partial charge on any atom is -0.310 e. The lowest BCUT2D eigenvalue weighted by atomic mass is 10.1. The molecule has 0 saturated carbocycles. The van der Waals surface area contributed by atoms with Gasteiger partial charge in [0.05, 0.1) is 0 Å². The Morgan fingerprint density at radius 1 is 1.11 bits per heavy atom. The van der Waals surface area contributed by atoms with E-state index in [1.165, 1.54) is 23.3 Å². The topological polar surface area (TPSA) is 12.0 Å². The highest BCUT2D eigenvalue weighted by atomic mass is 19.1. The molecule has 1 N–H and O–H groups in total. The maximum Gasteiger partial charge on any atom is 0.123 e. The number of nitrogens with one attached hydrogen (secondary N) is 1. The van der Waals surface area contributed by atoms with Crippen molar-refractivity contribution in [1.82, 2.24) is 5.32 Å². The SMILES string of the molecule is Cc1cccc(C(C)NCCc2ccc(F)cc2)c1. The van der Waals surface area contributed by atoms with Crippen LogP contribution in [0, 0.1) is 12.7 Å². The summed E-state index contributed by atoms with van der Waals surface area (Å²) in [5.74, 6) is -0.176. The van der Waals surface area contributed by atoms with Crippen molar-refractivity contribution >= 4 is 0 Å². The van der Waals surface area contributed by atoms with Gasteiger partial charge in [-0.05, 0) is 50.1 Å². The van der Waals surface area contributed by atoms with Crippen LogP contribution in [0.3, 0.4) is 0 Å². The van der Waals surface area contributed by atoms with Crippen molar-refractivity contribution in [3.8, 4) is 0 Å². The summed E-state index contributed by atoms with van der Waals surface area (Å²) >= 11 is 0. The van der Waals surface area contributed by atoms with Gasteiger partial charge in [-0.3, -0.25) is 0 Å². The van der Waals surface area contributed by atoms with Crippen LogP contribution in [0.15, 0.2) is 48.5 Å². The number of aryl methyl sites for hydroxylation is 1. The van der Waals surface area contributed by atoms with E-state index in [4.69, 9.17) is 0 Å². The first-order chi connectivity index (χ1) is 9.15. The molecule has 0 amide bonds. The fraction of sp³-hybridized carbons (Fsp3) is 0.294. The van der Waals surface area contributed by atoms with Gasteiger partial charge in [-0.1, -0.05) is 42.0 Å². The summed E-state index contributed by atoms with van der Waals surface area (Å²) in [7, 11) is 0. The van der Waals surface area contributed by atoms with Crippen molar-refractivity contribution < 1.29 is 4.39 Å². The lowest BCUT2D eigenvalue weighted by Crippen LogP contribution is -2.21. The van der Waals surface area contributed by atoms with E-state index < -0.39 is 0 Å². The normalized spacial score (nSPS) is 12.4. The van der Waals surface area contributed by atoms with Crippen molar-refractivity contribution in [2.75, 3.05) is 6.54 Å². The average molecular weight is 257 g/mol. The van der Waals surface area contributed by atoms with Gasteiger partial charge < -0.3 is 5.32 Å². The first-order valence-electron chi connectivity index (χ1n) is 6.69. The minimum absolute atomic E-state index is 0.176. The molecule has 0 bridgehead atoms. The largest absolute Gasteiger partial charge is 0.310 e. The quantitative estimate of drug-likeness (QED) is 0.852. The third-order valence-corrected chi connectivity index (χ3v) is 3.32. The first-order valence-corrected chi connectivity index (χ1v) is 6.69. The van der Waals surface area contributed by atoms with Crippen LogP contribution in [0.4, 0.5) is 4.39 Å². The average Bonchev–Trinajstić information content (AvgIpc) is 2.41. The lowest BCUT2D eigenvalue weighted by molar-refractivity contribution is 0.575. The van der Waals surface area contributed by atoms with Gasteiger partial charge in [0.15, 0.2) is 0 Å². The molecule has 2 aromatic carbocycles. The molecule has 0 aliphatic heterocycles. The molecule has 1 unspecified atom stereocenters. The van der Waals surface area contributed by atoms with Gasteiger partial charge in [0.25, 0.3) is 0 Å². The summed E-state index contributed by atoms with van der Waals surface area (Å²) in [4.78, 5) is 0. The van der Waals surface area contributed by atoms with E-state index in [1.54, 1.807) is 0 Å². The Morgan fingerprint density at radius 3 is 2.53 bits per heavy atom. The van der Waals surface area contributed by atoms with Gasteiger partial charge in [-0.2, -0.15) is 0 Å². The van der Waals surface area contributed by atoms with Crippen LogP contribution >= 0.6 is 0 Å². The van der Waals surface area contributed by atoms with Crippen LogP contribution in [0.25, 0.3) is 0 Å². The van der Waals surface area contributed by atoms with Crippen molar-refractivity contribution in [2.24, 2.45) is 0 Å². The molecule has 1 atom stereocenters. The molecule has 19 heavy (non-hydrogen) atoms. The number of halogens is 1. The molecular weight excluding hydrogens is 237 g/mol. The zero-order valence-corrected chi connectivity index (χ0v) is 11.5. The Bertz CT molecular complexity index is 519. The summed E-state index contributed by atoms with van der Waals surface area (Å²) in [5.41, 5.74) is 3.74. The van der Waals surface area contributed by atoms with Crippen LogP contribution in [0.5, 0.6) is 0 Å². The minimum atomic E-state index is -0.176. The molecule has 2 aromatic rings. The molecule has 2 heteroatoms. The van der Waals surface area contributed by atoms with Gasteiger partial charge in [0, 0.05) is 6.04 Å². The van der Waals surface area contributed by atoms with E-state index in [0.29, 0.717) is 6.04 Å². The maximum atomic E-state index is 12.8. The fourth-order valence-corrected chi connectivity index (χ4v) is 2.14. The Kier molecular flexibility index (Phi) is 4.69. The monoisotopic (exact) mass is 257 g/mol. The third kappa shape index (κ3) is 4.18. The molecule has 0 saturated heterocycles. The van der Waals surface area contributed by atoms with Crippen molar-refractivity contribution in [1.29, 1.82) is 0 Å². The van der Waals surface area contributed by atoms with Crippen molar-refractivity contribution in [3.05, 3.63) is 71.0 Å². The highest BCUT2D eigenvalue weighted by Gasteiger charge is 2.04. The molecule has 0 fully saturated rings. The zero-order chi connectivity index (χ0) is 13.7. The highest BCUT2D eigenvalue weighted by Crippen LogP contribution is 2.13. The van der Waals surface area contributed by atoms with E-state index in [-0.39, 0.29) is 5.82 Å². The van der Waals surface area contributed by atoms with Crippen LogP contribution in [-0.2, 0) is 6.42 Å². The predicted octanol–water partition coefficient (Wildman–Crippen LogP) is 4.03. The van der Waals surface area contributed by atoms with Crippen LogP contribution in [0.1, 0.15) is 29.7 Å². The van der Waals surface area contributed by atoms with E-state index in [2.05, 4.69) is 43.4 Å². The number of benzene rings is 2. The lowest BCUT2D eigenvalue weighted by Gasteiger charge is -2.14. The maximum absolute atomic E-state index is 12.8. The third-order valence-electron chi connectivity index (χ3n) is 3.32. The summed E-state index contributed by atoms with van der Waals surface area (Å²) < 4.78 is 12.8. The molecule has 2 rings (SSSR count). The Labute approximate surface area is 114 Å². The molecular formula is C17H20FN. The van der Waals surface area contributed by atoms with E-state index in [1.807, 2.05) is 12.1 Å². The molecule has 0 aromatic heterocycles. The van der Waals surface area contributed by atoms with Gasteiger partial charge in [0.1, 0.15) is 5.82 Å². The van der Waals surface area contributed by atoms with Crippen LogP contribution in [0.2, 0.25) is 0 Å². The summed E-state index contributed by atoms with van der Waals surface area (Å²) in [6.45, 7) is 5.16. The second-order valence-electron chi connectivity index (χ2n) is 4.97. The van der Waals surface area contributed by atoms with Gasteiger partial charge in [-0.15, -0.1) is 0 Å². The smallest absolute Gasteiger partial charge is 0.123 e. The molecule has 0 aliphatic rings. The zero-order valence-electron chi connectivity index (χ0n) is 11.5. The van der Waals surface area contributed by atoms with Gasteiger partial charge in [-0.25, -0.2) is 4.39 Å². The summed E-state index contributed by atoms with van der Waals surface area (Å²) in [6.07, 6.45) is 0.913. The summed E-state index contributed by atoms with van der Waals surface area (Å²) in [5, 5.41) is 3.50. The van der Waals surface area contributed by atoms with Crippen LogP contribution in [-0.4, -0.2) is 6.54 Å². The second kappa shape index (κ2) is 6.48. The van der Waals surface area contributed by atoms with Gasteiger partial charge in [0.2, 0.25) is 0 Å². The van der Waals surface area contributed by atoms with E-state index in [9.17, 15) is 4.39 Å². The Hall–Kier alpha value is -1.67.